The van der Waals surface area contributed by atoms with Crippen molar-refractivity contribution in [3.05, 3.63) is 29.8 Å². The van der Waals surface area contributed by atoms with Gasteiger partial charge in [0, 0.05) is 24.4 Å². The maximum Gasteiger partial charge on any atom is 0.223 e. The lowest BCUT2D eigenvalue weighted by molar-refractivity contribution is -0.126. The van der Waals surface area contributed by atoms with E-state index in [1.807, 2.05) is 18.2 Å². The minimum atomic E-state index is 0. The van der Waals surface area contributed by atoms with Crippen LogP contribution in [0, 0.1) is 5.92 Å². The Hall–Kier alpha value is -1.26. The summed E-state index contributed by atoms with van der Waals surface area (Å²) < 4.78 is 5.66. The molecule has 1 heterocycles. The Morgan fingerprint density at radius 1 is 1.27 bits per heavy atom. The maximum absolute atomic E-state index is 12.3. The van der Waals surface area contributed by atoms with Crippen LogP contribution >= 0.6 is 12.4 Å². The van der Waals surface area contributed by atoms with Crippen LogP contribution in [-0.4, -0.2) is 25.1 Å². The number of hydrogen-bond donors (Lipinski definition) is 2. The summed E-state index contributed by atoms with van der Waals surface area (Å²) in [5.41, 5.74) is 7.18. The molecule has 2 aliphatic rings. The maximum atomic E-state index is 12.3. The van der Waals surface area contributed by atoms with E-state index in [9.17, 15) is 4.79 Å². The van der Waals surface area contributed by atoms with Crippen molar-refractivity contribution in [3.63, 3.8) is 0 Å². The summed E-state index contributed by atoms with van der Waals surface area (Å²) in [5.74, 6) is 1.59. The topological polar surface area (TPSA) is 64.4 Å². The van der Waals surface area contributed by atoms with Gasteiger partial charge in [0.15, 0.2) is 0 Å². The van der Waals surface area contributed by atoms with Crippen molar-refractivity contribution in [1.29, 1.82) is 0 Å². The van der Waals surface area contributed by atoms with E-state index in [-0.39, 0.29) is 30.3 Å². The number of fused-ring (bicyclic) bond motifs is 1. The monoisotopic (exact) mass is 324 g/mol. The zero-order valence-corrected chi connectivity index (χ0v) is 13.6. The van der Waals surface area contributed by atoms with Crippen molar-refractivity contribution in [1.82, 2.24) is 5.32 Å². The standard InChI is InChI=1S/C17H24N2O2.ClH/c18-14-5-3-4-12(10-14)17(20)19-11-13-8-9-21-16-7-2-1-6-15(13)16;/h1-2,6-7,12-14H,3-5,8-11,18H2,(H,19,20);1H. The molecule has 5 heteroatoms. The summed E-state index contributed by atoms with van der Waals surface area (Å²) in [6, 6.07) is 8.31. The predicted molar refractivity (Wildman–Crippen MR) is 89.5 cm³/mol. The van der Waals surface area contributed by atoms with Crippen molar-refractivity contribution in [2.75, 3.05) is 13.2 Å². The lowest BCUT2D eigenvalue weighted by Crippen LogP contribution is -2.39. The number of ether oxygens (including phenoxy) is 1. The highest BCUT2D eigenvalue weighted by atomic mass is 35.5. The smallest absolute Gasteiger partial charge is 0.223 e. The number of hydrogen-bond acceptors (Lipinski definition) is 3. The van der Waals surface area contributed by atoms with E-state index >= 15 is 0 Å². The second-order valence-electron chi connectivity index (χ2n) is 6.24. The van der Waals surface area contributed by atoms with Crippen LogP contribution in [-0.2, 0) is 4.79 Å². The molecule has 3 rings (SSSR count). The zero-order valence-electron chi connectivity index (χ0n) is 12.8. The van der Waals surface area contributed by atoms with Crippen LogP contribution in [0.25, 0.3) is 0 Å². The molecule has 22 heavy (non-hydrogen) atoms. The molecule has 3 atom stereocenters. The van der Waals surface area contributed by atoms with Gasteiger partial charge >= 0.3 is 0 Å². The van der Waals surface area contributed by atoms with Crippen LogP contribution in [0.3, 0.4) is 0 Å². The molecular weight excluding hydrogens is 300 g/mol. The normalized spacial score (nSPS) is 27.0. The van der Waals surface area contributed by atoms with Gasteiger partial charge < -0.3 is 15.8 Å². The molecule has 0 saturated heterocycles. The second-order valence-corrected chi connectivity index (χ2v) is 6.24. The summed E-state index contributed by atoms with van der Waals surface area (Å²) in [4.78, 5) is 12.3. The number of amides is 1. The first-order valence-electron chi connectivity index (χ1n) is 7.99. The molecule has 1 aromatic rings. The molecule has 3 unspecified atom stereocenters. The number of carbonyl (C=O) groups is 1. The summed E-state index contributed by atoms with van der Waals surface area (Å²) in [6.07, 6.45) is 4.89. The van der Waals surface area contributed by atoms with Crippen molar-refractivity contribution in [2.45, 2.75) is 44.1 Å². The highest BCUT2D eigenvalue weighted by Crippen LogP contribution is 2.33. The number of rotatable bonds is 3. The summed E-state index contributed by atoms with van der Waals surface area (Å²) in [5, 5.41) is 3.13. The Kier molecular flexibility index (Phi) is 6.09. The highest BCUT2D eigenvalue weighted by Gasteiger charge is 2.27. The van der Waals surface area contributed by atoms with Crippen LogP contribution in [0.1, 0.15) is 43.6 Å². The molecule has 4 nitrogen and oxygen atoms in total. The average molecular weight is 325 g/mol. The molecule has 0 aromatic heterocycles. The van der Waals surface area contributed by atoms with E-state index in [1.54, 1.807) is 0 Å². The van der Waals surface area contributed by atoms with Gasteiger partial charge in [0.2, 0.25) is 5.91 Å². The Labute approximate surface area is 138 Å². The second kappa shape index (κ2) is 7.84. The first-order valence-corrected chi connectivity index (χ1v) is 7.99. The molecule has 1 amide bonds. The van der Waals surface area contributed by atoms with Crippen molar-refractivity contribution >= 4 is 18.3 Å². The molecule has 1 saturated carbocycles. The van der Waals surface area contributed by atoms with Gasteiger partial charge in [0.1, 0.15) is 5.75 Å². The van der Waals surface area contributed by atoms with E-state index < -0.39 is 0 Å². The first-order chi connectivity index (χ1) is 10.2. The molecular formula is C17H25ClN2O2. The third kappa shape index (κ3) is 3.93. The number of halogens is 1. The van der Waals surface area contributed by atoms with Gasteiger partial charge in [-0.2, -0.15) is 0 Å². The number of benzene rings is 1. The highest BCUT2D eigenvalue weighted by molar-refractivity contribution is 5.85. The third-order valence-corrected chi connectivity index (χ3v) is 4.69. The fourth-order valence-electron chi connectivity index (χ4n) is 3.46. The lowest BCUT2D eigenvalue weighted by Gasteiger charge is -2.28. The number of para-hydroxylation sites is 1. The Morgan fingerprint density at radius 2 is 2.09 bits per heavy atom. The summed E-state index contributed by atoms with van der Waals surface area (Å²) in [7, 11) is 0. The van der Waals surface area contributed by atoms with Crippen LogP contribution in [0.5, 0.6) is 5.75 Å². The van der Waals surface area contributed by atoms with Crippen LogP contribution in [0.4, 0.5) is 0 Å². The predicted octanol–water partition coefficient (Wildman–Crippen LogP) is 2.61. The lowest BCUT2D eigenvalue weighted by atomic mass is 9.85. The van der Waals surface area contributed by atoms with E-state index in [0.29, 0.717) is 12.5 Å². The largest absolute Gasteiger partial charge is 0.493 e. The van der Waals surface area contributed by atoms with Crippen molar-refractivity contribution in [3.8, 4) is 5.75 Å². The molecule has 0 radical (unpaired) electrons. The molecule has 122 valence electrons. The van der Waals surface area contributed by atoms with Gasteiger partial charge in [0.25, 0.3) is 0 Å². The Balaban J connectivity index is 0.00000176. The van der Waals surface area contributed by atoms with E-state index in [2.05, 4.69) is 11.4 Å². The Morgan fingerprint density at radius 3 is 2.91 bits per heavy atom. The zero-order chi connectivity index (χ0) is 14.7. The molecule has 0 bridgehead atoms. The fraction of sp³-hybridized carbons (Fsp3) is 0.588. The third-order valence-electron chi connectivity index (χ3n) is 4.69. The number of nitrogens with two attached hydrogens (primary N) is 1. The van der Waals surface area contributed by atoms with Crippen LogP contribution < -0.4 is 15.8 Å². The van der Waals surface area contributed by atoms with Gasteiger partial charge in [0.05, 0.1) is 6.61 Å². The average Bonchev–Trinajstić information content (AvgIpc) is 2.52. The van der Waals surface area contributed by atoms with Crippen LogP contribution in [0.15, 0.2) is 24.3 Å². The molecule has 3 N–H and O–H groups in total. The van der Waals surface area contributed by atoms with Gasteiger partial charge in [-0.1, -0.05) is 24.6 Å². The van der Waals surface area contributed by atoms with E-state index in [1.165, 1.54) is 5.56 Å². The van der Waals surface area contributed by atoms with Crippen molar-refractivity contribution < 1.29 is 9.53 Å². The molecule has 1 aromatic carbocycles. The Bertz CT molecular complexity index is 509. The number of nitrogens with one attached hydrogen (secondary N) is 1. The quantitative estimate of drug-likeness (QED) is 0.898. The molecule has 1 fully saturated rings. The van der Waals surface area contributed by atoms with Gasteiger partial charge in [-0.15, -0.1) is 12.4 Å². The number of carbonyl (C=O) groups excluding carboxylic acids is 1. The minimum absolute atomic E-state index is 0. The van der Waals surface area contributed by atoms with E-state index in [4.69, 9.17) is 10.5 Å². The van der Waals surface area contributed by atoms with Gasteiger partial charge in [-0.3, -0.25) is 4.79 Å². The SMILES string of the molecule is Cl.NC1CCCC(C(=O)NCC2CCOc3ccccc32)C1. The van der Waals surface area contributed by atoms with Crippen LogP contribution in [0.2, 0.25) is 0 Å². The fourth-order valence-corrected chi connectivity index (χ4v) is 3.46. The molecule has 0 spiro atoms. The summed E-state index contributed by atoms with van der Waals surface area (Å²) >= 11 is 0. The molecule has 1 aliphatic heterocycles. The van der Waals surface area contributed by atoms with E-state index in [0.717, 1.165) is 44.5 Å². The van der Waals surface area contributed by atoms with Gasteiger partial charge in [-0.05, 0) is 37.3 Å². The first kappa shape index (κ1) is 17.1. The molecule has 1 aliphatic carbocycles. The van der Waals surface area contributed by atoms with Crippen molar-refractivity contribution in [2.24, 2.45) is 11.7 Å². The van der Waals surface area contributed by atoms with Gasteiger partial charge in [-0.25, -0.2) is 0 Å². The summed E-state index contributed by atoms with van der Waals surface area (Å²) in [6.45, 7) is 1.43. The minimum Gasteiger partial charge on any atom is -0.493 e.